The van der Waals surface area contributed by atoms with Crippen molar-refractivity contribution < 1.29 is 14.3 Å². The molecule has 0 bridgehead atoms. The number of aryl methyl sites for hydroxylation is 1. The average Bonchev–Trinajstić information content (AvgIpc) is 2.78. The van der Waals surface area contributed by atoms with Crippen LogP contribution in [0.2, 0.25) is 0 Å². The molecule has 2 aromatic carbocycles. The molecule has 0 unspecified atom stereocenters. The maximum Gasteiger partial charge on any atom is 0.251 e. The van der Waals surface area contributed by atoms with Crippen molar-refractivity contribution in [3.8, 4) is 5.75 Å². The second kappa shape index (κ2) is 13.3. The van der Waals surface area contributed by atoms with E-state index in [-0.39, 0.29) is 5.91 Å². The van der Waals surface area contributed by atoms with Gasteiger partial charge in [0.2, 0.25) is 0 Å². The van der Waals surface area contributed by atoms with Crippen LogP contribution in [0.25, 0.3) is 0 Å². The number of ether oxygens (including phenoxy) is 2. The normalized spacial score (nSPS) is 11.2. The van der Waals surface area contributed by atoms with Crippen LogP contribution in [0.4, 0.5) is 0 Å². The molecule has 7 nitrogen and oxygen atoms in total. The summed E-state index contributed by atoms with van der Waals surface area (Å²) in [6, 6.07) is 13.7. The third-order valence-corrected chi connectivity index (χ3v) is 4.60. The van der Waals surface area contributed by atoms with Gasteiger partial charge in [-0.15, -0.1) is 0 Å². The van der Waals surface area contributed by atoms with Crippen molar-refractivity contribution in [3.63, 3.8) is 0 Å². The monoisotopic (exact) mass is 426 g/mol. The lowest BCUT2D eigenvalue weighted by molar-refractivity contribution is 0.0956. The molecule has 0 aliphatic rings. The summed E-state index contributed by atoms with van der Waals surface area (Å²) in [5.74, 6) is 1.48. The smallest absolute Gasteiger partial charge is 0.251 e. The fraction of sp³-hybridized carbons (Fsp3) is 0.417. The Morgan fingerprint density at radius 2 is 1.71 bits per heavy atom. The van der Waals surface area contributed by atoms with E-state index in [1.165, 1.54) is 0 Å². The van der Waals surface area contributed by atoms with Crippen molar-refractivity contribution in [2.24, 2.45) is 4.99 Å². The summed E-state index contributed by atoms with van der Waals surface area (Å²) in [6.45, 7) is 9.49. The van der Waals surface area contributed by atoms with Crippen molar-refractivity contribution in [2.75, 3.05) is 33.4 Å². The highest BCUT2D eigenvalue weighted by molar-refractivity contribution is 5.94. The molecule has 1 amide bonds. The second-order valence-corrected chi connectivity index (χ2v) is 6.99. The summed E-state index contributed by atoms with van der Waals surface area (Å²) < 4.78 is 11.3. The van der Waals surface area contributed by atoms with E-state index < -0.39 is 0 Å². The zero-order chi connectivity index (χ0) is 22.5. The first-order valence-corrected chi connectivity index (χ1v) is 10.7. The van der Waals surface area contributed by atoms with Crippen LogP contribution >= 0.6 is 0 Å². The number of hydrogen-bond donors (Lipinski definition) is 3. The Bertz CT molecular complexity index is 850. The number of nitrogens with zero attached hydrogens (tertiary/aromatic N) is 1. The first-order chi connectivity index (χ1) is 15.1. The van der Waals surface area contributed by atoms with Crippen LogP contribution in [-0.4, -0.2) is 45.3 Å². The molecule has 2 rings (SSSR count). The maximum atomic E-state index is 11.9. The predicted octanol–water partition coefficient (Wildman–Crippen LogP) is 3.03. The van der Waals surface area contributed by atoms with Gasteiger partial charge >= 0.3 is 0 Å². The molecular formula is C24H34N4O3. The van der Waals surface area contributed by atoms with Crippen molar-refractivity contribution in [1.82, 2.24) is 16.0 Å². The zero-order valence-corrected chi connectivity index (χ0v) is 19.0. The Morgan fingerprint density at radius 1 is 0.968 bits per heavy atom. The number of nitrogens with one attached hydrogen (secondary N) is 3. The van der Waals surface area contributed by atoms with Gasteiger partial charge in [-0.3, -0.25) is 9.79 Å². The number of guanidine groups is 1. The minimum Gasteiger partial charge on any atom is -0.491 e. The molecule has 0 aliphatic carbocycles. The van der Waals surface area contributed by atoms with Gasteiger partial charge in [0.15, 0.2) is 5.96 Å². The van der Waals surface area contributed by atoms with Gasteiger partial charge in [0, 0.05) is 44.4 Å². The van der Waals surface area contributed by atoms with Crippen molar-refractivity contribution in [3.05, 3.63) is 64.7 Å². The highest BCUT2D eigenvalue weighted by atomic mass is 16.5. The summed E-state index contributed by atoms with van der Waals surface area (Å²) in [5.41, 5.74) is 3.92. The fourth-order valence-corrected chi connectivity index (χ4v) is 2.92. The van der Waals surface area contributed by atoms with Gasteiger partial charge in [-0.25, -0.2) is 0 Å². The van der Waals surface area contributed by atoms with E-state index in [1.807, 2.05) is 51.1 Å². The third-order valence-electron chi connectivity index (χ3n) is 4.60. The van der Waals surface area contributed by atoms with Crippen molar-refractivity contribution >= 4 is 11.9 Å². The highest BCUT2D eigenvalue weighted by Crippen LogP contribution is 2.20. The van der Waals surface area contributed by atoms with Crippen molar-refractivity contribution in [1.29, 1.82) is 0 Å². The Morgan fingerprint density at radius 3 is 2.39 bits per heavy atom. The number of carbonyl (C=O) groups excluding carboxylic acids is 1. The van der Waals surface area contributed by atoms with E-state index in [0.717, 1.165) is 22.4 Å². The van der Waals surface area contributed by atoms with Crippen LogP contribution in [0.15, 0.2) is 47.5 Å². The van der Waals surface area contributed by atoms with E-state index in [9.17, 15) is 4.79 Å². The lowest BCUT2D eigenvalue weighted by atomic mass is 10.1. The largest absolute Gasteiger partial charge is 0.491 e. The van der Waals surface area contributed by atoms with Gasteiger partial charge < -0.3 is 25.4 Å². The lowest BCUT2D eigenvalue weighted by Crippen LogP contribution is -2.36. The number of rotatable bonds is 11. The van der Waals surface area contributed by atoms with E-state index in [0.29, 0.717) is 51.0 Å². The maximum absolute atomic E-state index is 11.9. The van der Waals surface area contributed by atoms with E-state index >= 15 is 0 Å². The molecule has 7 heteroatoms. The van der Waals surface area contributed by atoms with E-state index in [4.69, 9.17) is 9.47 Å². The van der Waals surface area contributed by atoms with E-state index in [2.05, 4.69) is 33.1 Å². The molecular weight excluding hydrogens is 392 g/mol. The molecule has 0 spiro atoms. The SMILES string of the molecule is CCNC(=O)c1ccc(CNC(=NC)NCc2ccc(C)cc2OCCOCC)cc1. The quantitative estimate of drug-likeness (QED) is 0.292. The molecule has 31 heavy (non-hydrogen) atoms. The van der Waals surface area contributed by atoms with Crippen LogP contribution < -0.4 is 20.7 Å². The van der Waals surface area contributed by atoms with Crippen LogP contribution in [0.5, 0.6) is 5.75 Å². The highest BCUT2D eigenvalue weighted by Gasteiger charge is 2.07. The van der Waals surface area contributed by atoms with Gasteiger partial charge in [0.05, 0.1) is 6.61 Å². The minimum absolute atomic E-state index is 0.0585. The summed E-state index contributed by atoms with van der Waals surface area (Å²) in [7, 11) is 1.74. The summed E-state index contributed by atoms with van der Waals surface area (Å²) in [5, 5.41) is 9.42. The molecule has 0 aromatic heterocycles. The molecule has 168 valence electrons. The molecule has 2 aromatic rings. The van der Waals surface area contributed by atoms with Crippen LogP contribution in [0.1, 0.15) is 40.9 Å². The Hall–Kier alpha value is -3.06. The lowest BCUT2D eigenvalue weighted by Gasteiger charge is -2.16. The minimum atomic E-state index is -0.0585. The van der Waals surface area contributed by atoms with Gasteiger partial charge in [0.25, 0.3) is 5.91 Å². The van der Waals surface area contributed by atoms with E-state index in [1.54, 1.807) is 7.05 Å². The zero-order valence-electron chi connectivity index (χ0n) is 19.0. The molecule has 3 N–H and O–H groups in total. The molecule has 0 radical (unpaired) electrons. The Labute approximate surface area is 185 Å². The van der Waals surface area contributed by atoms with Gasteiger partial charge in [0.1, 0.15) is 12.4 Å². The number of benzene rings is 2. The fourth-order valence-electron chi connectivity index (χ4n) is 2.92. The number of aliphatic imine (C=N–C) groups is 1. The summed E-state index contributed by atoms with van der Waals surface area (Å²) in [4.78, 5) is 16.2. The van der Waals surface area contributed by atoms with Crippen LogP contribution in [0.3, 0.4) is 0 Å². The number of amides is 1. The molecule has 0 atom stereocenters. The van der Waals surface area contributed by atoms with Crippen LogP contribution in [-0.2, 0) is 17.8 Å². The molecule has 0 saturated carbocycles. The van der Waals surface area contributed by atoms with Gasteiger partial charge in [-0.2, -0.15) is 0 Å². The molecule has 0 aliphatic heterocycles. The molecule has 0 heterocycles. The Kier molecular flexibility index (Phi) is 10.4. The van der Waals surface area contributed by atoms with Crippen LogP contribution in [0, 0.1) is 6.92 Å². The van der Waals surface area contributed by atoms with Crippen molar-refractivity contribution in [2.45, 2.75) is 33.9 Å². The Balaban J connectivity index is 1.89. The standard InChI is InChI=1S/C24H34N4O3/c1-5-26-23(29)20-11-8-19(9-12-20)16-27-24(25-4)28-17-21-10-7-18(3)15-22(21)31-14-13-30-6-2/h7-12,15H,5-6,13-14,16-17H2,1-4H3,(H,26,29)(H2,25,27,28). The molecule has 0 fully saturated rings. The first kappa shape index (κ1) is 24.2. The second-order valence-electron chi connectivity index (χ2n) is 6.99. The van der Waals surface area contributed by atoms with Gasteiger partial charge in [-0.05, 0) is 50.1 Å². The third kappa shape index (κ3) is 8.30. The van der Waals surface area contributed by atoms with Gasteiger partial charge in [-0.1, -0.05) is 24.3 Å². The first-order valence-electron chi connectivity index (χ1n) is 10.7. The topological polar surface area (TPSA) is 84.0 Å². The summed E-state index contributed by atoms with van der Waals surface area (Å²) >= 11 is 0. The predicted molar refractivity (Wildman–Crippen MR) is 125 cm³/mol. The summed E-state index contributed by atoms with van der Waals surface area (Å²) in [6.07, 6.45) is 0. The average molecular weight is 427 g/mol. The molecule has 0 saturated heterocycles. The number of carbonyl (C=O) groups is 1. The number of hydrogen-bond acceptors (Lipinski definition) is 4.